The van der Waals surface area contributed by atoms with E-state index in [2.05, 4.69) is 5.10 Å². The maximum atomic E-state index is 13.6. The standard InChI is InChI=1S/C13H14ClFN2O/c1-17-8-9(7-16-17)5-11(18)6-10-3-2-4-12(14)13(10)15/h2-4,7-8,11,18H,5-6H2,1H3. The molecule has 0 saturated carbocycles. The number of halogens is 2. The molecule has 1 atom stereocenters. The molecule has 3 nitrogen and oxygen atoms in total. The zero-order chi connectivity index (χ0) is 13.1. The molecule has 0 fully saturated rings. The van der Waals surface area contributed by atoms with Crippen LogP contribution in [0.15, 0.2) is 30.6 Å². The van der Waals surface area contributed by atoms with Crippen LogP contribution in [-0.4, -0.2) is 21.0 Å². The van der Waals surface area contributed by atoms with Crippen LogP contribution in [0.1, 0.15) is 11.1 Å². The lowest BCUT2D eigenvalue weighted by atomic mass is 10.0. The van der Waals surface area contributed by atoms with Gasteiger partial charge in [-0.05, 0) is 17.2 Å². The van der Waals surface area contributed by atoms with Crippen molar-refractivity contribution >= 4 is 11.6 Å². The zero-order valence-corrected chi connectivity index (χ0v) is 10.7. The molecule has 0 radical (unpaired) electrons. The van der Waals surface area contributed by atoms with Crippen LogP contribution in [0.5, 0.6) is 0 Å². The first-order valence-electron chi connectivity index (χ1n) is 5.64. The summed E-state index contributed by atoms with van der Waals surface area (Å²) < 4.78 is 15.3. The lowest BCUT2D eigenvalue weighted by molar-refractivity contribution is 0.174. The number of aliphatic hydroxyl groups excluding tert-OH is 1. The summed E-state index contributed by atoms with van der Waals surface area (Å²) in [4.78, 5) is 0. The number of aromatic nitrogens is 2. The van der Waals surface area contributed by atoms with Gasteiger partial charge in [0.05, 0.1) is 17.3 Å². The molecule has 18 heavy (non-hydrogen) atoms. The number of benzene rings is 1. The molecule has 0 bridgehead atoms. The normalized spacial score (nSPS) is 12.7. The Kier molecular flexibility index (Phi) is 3.99. The van der Waals surface area contributed by atoms with Gasteiger partial charge in [0, 0.05) is 26.1 Å². The van der Waals surface area contributed by atoms with Crippen LogP contribution in [0.4, 0.5) is 4.39 Å². The molecule has 1 aromatic carbocycles. The molecule has 0 aliphatic carbocycles. The Bertz CT molecular complexity index is 542. The largest absolute Gasteiger partial charge is 0.392 e. The van der Waals surface area contributed by atoms with Gasteiger partial charge in [0.25, 0.3) is 0 Å². The molecule has 1 N–H and O–H groups in total. The Hall–Kier alpha value is -1.39. The summed E-state index contributed by atoms with van der Waals surface area (Å²) in [6.45, 7) is 0. The quantitative estimate of drug-likeness (QED) is 0.924. The van der Waals surface area contributed by atoms with Crippen molar-refractivity contribution in [2.24, 2.45) is 7.05 Å². The van der Waals surface area contributed by atoms with Gasteiger partial charge in [0.2, 0.25) is 0 Å². The molecular weight excluding hydrogens is 255 g/mol. The van der Waals surface area contributed by atoms with E-state index in [1.165, 1.54) is 6.07 Å². The van der Waals surface area contributed by atoms with Crippen molar-refractivity contribution in [1.29, 1.82) is 0 Å². The fourth-order valence-corrected chi connectivity index (χ4v) is 2.08. The third-order valence-electron chi connectivity index (χ3n) is 2.72. The van der Waals surface area contributed by atoms with Gasteiger partial charge >= 0.3 is 0 Å². The van der Waals surface area contributed by atoms with Crippen LogP contribution in [0.2, 0.25) is 5.02 Å². The Balaban J connectivity index is 2.03. The fourth-order valence-electron chi connectivity index (χ4n) is 1.88. The molecule has 1 aromatic heterocycles. The Morgan fingerprint density at radius 3 is 2.89 bits per heavy atom. The summed E-state index contributed by atoms with van der Waals surface area (Å²) in [5.41, 5.74) is 1.35. The average Bonchev–Trinajstić information content (AvgIpc) is 2.70. The molecule has 0 saturated heterocycles. The number of nitrogens with zero attached hydrogens (tertiary/aromatic N) is 2. The van der Waals surface area contributed by atoms with Crippen molar-refractivity contribution in [2.45, 2.75) is 18.9 Å². The summed E-state index contributed by atoms with van der Waals surface area (Å²) >= 11 is 5.69. The molecule has 0 aliphatic heterocycles. The fraction of sp³-hybridized carbons (Fsp3) is 0.308. The Labute approximate surface area is 110 Å². The first kappa shape index (κ1) is 13.1. The van der Waals surface area contributed by atoms with Crippen molar-refractivity contribution in [3.05, 3.63) is 52.6 Å². The molecule has 0 amide bonds. The highest BCUT2D eigenvalue weighted by atomic mass is 35.5. The average molecular weight is 269 g/mol. The van der Waals surface area contributed by atoms with Gasteiger partial charge in [-0.2, -0.15) is 5.10 Å². The predicted molar refractivity (Wildman–Crippen MR) is 68.0 cm³/mol. The number of aliphatic hydroxyl groups is 1. The van der Waals surface area contributed by atoms with E-state index >= 15 is 0 Å². The first-order chi connectivity index (χ1) is 8.56. The second-order valence-electron chi connectivity index (χ2n) is 4.30. The van der Waals surface area contributed by atoms with Crippen molar-refractivity contribution in [3.63, 3.8) is 0 Å². The maximum Gasteiger partial charge on any atom is 0.145 e. The number of aryl methyl sites for hydroxylation is 1. The molecule has 0 spiro atoms. The topological polar surface area (TPSA) is 38.0 Å². The van der Waals surface area contributed by atoms with Gasteiger partial charge in [-0.1, -0.05) is 23.7 Å². The third kappa shape index (κ3) is 3.09. The molecule has 5 heteroatoms. The van der Waals surface area contributed by atoms with Crippen molar-refractivity contribution in [3.8, 4) is 0 Å². The first-order valence-corrected chi connectivity index (χ1v) is 6.02. The molecule has 0 aliphatic rings. The van der Waals surface area contributed by atoms with Gasteiger partial charge in [-0.15, -0.1) is 0 Å². The number of rotatable bonds is 4. The molecular formula is C13H14ClFN2O. The monoisotopic (exact) mass is 268 g/mol. The van der Waals surface area contributed by atoms with E-state index in [0.717, 1.165) is 5.56 Å². The number of hydrogen-bond donors (Lipinski definition) is 1. The van der Waals surface area contributed by atoms with Crippen molar-refractivity contribution in [2.75, 3.05) is 0 Å². The predicted octanol–water partition coefficient (Wildman–Crippen LogP) is 2.36. The van der Waals surface area contributed by atoms with Gasteiger partial charge < -0.3 is 5.11 Å². The number of hydrogen-bond acceptors (Lipinski definition) is 2. The highest BCUT2D eigenvalue weighted by molar-refractivity contribution is 6.30. The minimum atomic E-state index is -0.651. The van der Waals surface area contributed by atoms with Crippen LogP contribution in [0.25, 0.3) is 0 Å². The highest BCUT2D eigenvalue weighted by Crippen LogP contribution is 2.19. The van der Waals surface area contributed by atoms with Crippen LogP contribution < -0.4 is 0 Å². The van der Waals surface area contributed by atoms with Gasteiger partial charge in [-0.3, -0.25) is 4.68 Å². The summed E-state index contributed by atoms with van der Waals surface area (Å²) in [5, 5.41) is 14.0. The van der Waals surface area contributed by atoms with Crippen LogP contribution >= 0.6 is 11.6 Å². The van der Waals surface area contributed by atoms with Crippen LogP contribution in [0.3, 0.4) is 0 Å². The van der Waals surface area contributed by atoms with Crippen molar-refractivity contribution < 1.29 is 9.50 Å². The lowest BCUT2D eigenvalue weighted by Crippen LogP contribution is -2.14. The SMILES string of the molecule is Cn1cc(CC(O)Cc2cccc(Cl)c2F)cn1. The summed E-state index contributed by atoms with van der Waals surface area (Å²) in [6.07, 6.45) is 3.55. The second kappa shape index (κ2) is 5.50. The van der Waals surface area contributed by atoms with E-state index in [1.54, 1.807) is 23.0 Å². The molecule has 2 aromatic rings. The summed E-state index contributed by atoms with van der Waals surface area (Å²) in [6, 6.07) is 4.80. The Morgan fingerprint density at radius 1 is 1.44 bits per heavy atom. The minimum absolute atomic E-state index is 0.0843. The molecule has 2 rings (SSSR count). The Morgan fingerprint density at radius 2 is 2.22 bits per heavy atom. The van der Waals surface area contributed by atoms with E-state index in [0.29, 0.717) is 12.0 Å². The lowest BCUT2D eigenvalue weighted by Gasteiger charge is -2.10. The summed E-state index contributed by atoms with van der Waals surface area (Å²) in [7, 11) is 1.81. The third-order valence-corrected chi connectivity index (χ3v) is 3.01. The van der Waals surface area contributed by atoms with Crippen LogP contribution in [-0.2, 0) is 19.9 Å². The van der Waals surface area contributed by atoms with E-state index in [9.17, 15) is 9.50 Å². The molecule has 96 valence electrons. The van der Waals surface area contributed by atoms with E-state index in [4.69, 9.17) is 11.6 Å². The second-order valence-corrected chi connectivity index (χ2v) is 4.70. The van der Waals surface area contributed by atoms with E-state index < -0.39 is 11.9 Å². The smallest absolute Gasteiger partial charge is 0.145 e. The van der Waals surface area contributed by atoms with Gasteiger partial charge in [0.15, 0.2) is 0 Å². The minimum Gasteiger partial charge on any atom is -0.392 e. The van der Waals surface area contributed by atoms with Gasteiger partial charge in [0.1, 0.15) is 5.82 Å². The molecule has 1 heterocycles. The van der Waals surface area contributed by atoms with Crippen molar-refractivity contribution in [1.82, 2.24) is 9.78 Å². The van der Waals surface area contributed by atoms with Gasteiger partial charge in [-0.25, -0.2) is 4.39 Å². The van der Waals surface area contributed by atoms with E-state index in [-0.39, 0.29) is 11.4 Å². The maximum absolute atomic E-state index is 13.6. The zero-order valence-electron chi connectivity index (χ0n) is 9.98. The summed E-state index contributed by atoms with van der Waals surface area (Å²) in [5.74, 6) is -0.454. The van der Waals surface area contributed by atoms with Crippen LogP contribution in [0, 0.1) is 5.82 Å². The van der Waals surface area contributed by atoms with E-state index in [1.807, 2.05) is 13.2 Å². The molecule has 1 unspecified atom stereocenters. The highest BCUT2D eigenvalue weighted by Gasteiger charge is 2.12.